The van der Waals surface area contributed by atoms with E-state index in [1.54, 1.807) is 0 Å². The third-order valence-electron chi connectivity index (χ3n) is 6.45. The molecule has 1 fully saturated rings. The summed E-state index contributed by atoms with van der Waals surface area (Å²) in [7, 11) is 0. The van der Waals surface area contributed by atoms with Gasteiger partial charge in [-0.2, -0.15) is 4.39 Å². The zero-order valence-electron chi connectivity index (χ0n) is 16.9. The van der Waals surface area contributed by atoms with E-state index in [1.165, 1.54) is 56.9 Å². The Morgan fingerprint density at radius 1 is 1.07 bits per heavy atom. The number of benzene rings is 1. The average Bonchev–Trinajstić information content (AvgIpc) is 2.71. The van der Waals surface area contributed by atoms with Crippen LogP contribution in [-0.4, -0.2) is 4.98 Å². The molecule has 1 unspecified atom stereocenters. The van der Waals surface area contributed by atoms with E-state index in [1.807, 2.05) is 12.1 Å². The van der Waals surface area contributed by atoms with Gasteiger partial charge in [-0.05, 0) is 47.8 Å². The van der Waals surface area contributed by atoms with Crippen molar-refractivity contribution in [3.63, 3.8) is 0 Å². The molecule has 1 aliphatic rings. The standard InChI is InChI=1S/C24H30ClF2N/c1-3-4-5-6-17-7-9-18(10-8-17)16(2)19-11-13-20(14-12-19)21-15-22(26)24(27)28-23(21)25/h11-18H,3-10H2,1-2H3. The molecule has 152 valence electrons. The molecule has 4 heteroatoms. The summed E-state index contributed by atoms with van der Waals surface area (Å²) < 4.78 is 26.7. The van der Waals surface area contributed by atoms with E-state index >= 15 is 0 Å². The van der Waals surface area contributed by atoms with Crippen LogP contribution in [0.5, 0.6) is 0 Å². The van der Waals surface area contributed by atoms with Crippen LogP contribution in [-0.2, 0) is 0 Å². The second-order valence-electron chi connectivity index (χ2n) is 8.29. The molecule has 0 saturated heterocycles. The molecule has 28 heavy (non-hydrogen) atoms. The van der Waals surface area contributed by atoms with Crippen LogP contribution in [0.15, 0.2) is 30.3 Å². The molecule has 1 aliphatic carbocycles. The fourth-order valence-corrected chi connectivity index (χ4v) is 4.78. The quantitative estimate of drug-likeness (QED) is 0.334. The lowest BCUT2D eigenvalue weighted by atomic mass is 9.73. The van der Waals surface area contributed by atoms with Crippen LogP contribution in [0.2, 0.25) is 5.15 Å². The van der Waals surface area contributed by atoms with E-state index in [-0.39, 0.29) is 5.15 Å². The van der Waals surface area contributed by atoms with Crippen LogP contribution in [0, 0.1) is 23.6 Å². The molecule has 3 rings (SSSR count). The van der Waals surface area contributed by atoms with Gasteiger partial charge in [-0.3, -0.25) is 0 Å². The van der Waals surface area contributed by atoms with Crippen molar-refractivity contribution in [2.75, 3.05) is 0 Å². The van der Waals surface area contributed by atoms with Crippen LogP contribution in [0.4, 0.5) is 8.78 Å². The summed E-state index contributed by atoms with van der Waals surface area (Å²) in [6.07, 6.45) is 10.8. The molecule has 1 aromatic carbocycles. The second-order valence-corrected chi connectivity index (χ2v) is 8.64. The minimum Gasteiger partial charge on any atom is -0.205 e. The van der Waals surface area contributed by atoms with E-state index in [0.29, 0.717) is 11.5 Å². The van der Waals surface area contributed by atoms with Gasteiger partial charge in [-0.25, -0.2) is 9.37 Å². The Kier molecular flexibility index (Phi) is 7.45. The Bertz CT molecular complexity index is 767. The number of nitrogens with zero attached hydrogens (tertiary/aromatic N) is 1. The summed E-state index contributed by atoms with van der Waals surface area (Å²) in [5.74, 6) is 0.00297. The highest BCUT2D eigenvalue weighted by molar-refractivity contribution is 6.32. The molecule has 0 spiro atoms. The van der Waals surface area contributed by atoms with Gasteiger partial charge in [0.2, 0.25) is 5.95 Å². The number of pyridine rings is 1. The normalized spacial score (nSPS) is 20.9. The summed E-state index contributed by atoms with van der Waals surface area (Å²) in [5, 5.41) is -0.0129. The van der Waals surface area contributed by atoms with Gasteiger partial charge in [0.05, 0.1) is 0 Å². The number of hydrogen-bond acceptors (Lipinski definition) is 1. The minimum atomic E-state index is -1.16. The van der Waals surface area contributed by atoms with E-state index in [9.17, 15) is 8.78 Å². The first-order chi connectivity index (χ1) is 13.5. The van der Waals surface area contributed by atoms with Gasteiger partial charge < -0.3 is 0 Å². The van der Waals surface area contributed by atoms with E-state index in [2.05, 4.69) is 31.0 Å². The highest BCUT2D eigenvalue weighted by Gasteiger charge is 2.26. The smallest absolute Gasteiger partial charge is 0.205 e. The maximum absolute atomic E-state index is 13.5. The minimum absolute atomic E-state index is 0.0129. The predicted molar refractivity (Wildman–Crippen MR) is 113 cm³/mol. The van der Waals surface area contributed by atoms with Crippen molar-refractivity contribution in [1.29, 1.82) is 0 Å². The van der Waals surface area contributed by atoms with Gasteiger partial charge in [-0.15, -0.1) is 0 Å². The highest BCUT2D eigenvalue weighted by atomic mass is 35.5. The molecule has 0 amide bonds. The average molecular weight is 406 g/mol. The van der Waals surface area contributed by atoms with Crippen molar-refractivity contribution >= 4 is 11.6 Å². The third-order valence-corrected chi connectivity index (χ3v) is 6.74. The third kappa shape index (κ3) is 5.11. The summed E-state index contributed by atoms with van der Waals surface area (Å²) in [6, 6.07) is 9.16. The first kappa shape index (κ1) is 21.2. The van der Waals surface area contributed by atoms with E-state index in [4.69, 9.17) is 11.6 Å². The molecule has 0 bridgehead atoms. The van der Waals surface area contributed by atoms with Gasteiger partial charge in [0.15, 0.2) is 5.82 Å². The Morgan fingerprint density at radius 3 is 2.39 bits per heavy atom. The SMILES string of the molecule is CCCCCC1CCC(C(C)c2ccc(-c3cc(F)c(F)nc3Cl)cc2)CC1. The molecule has 1 saturated carbocycles. The zero-order chi connectivity index (χ0) is 20.1. The fraction of sp³-hybridized carbons (Fsp3) is 0.542. The van der Waals surface area contributed by atoms with Gasteiger partial charge in [0, 0.05) is 5.56 Å². The zero-order valence-corrected chi connectivity index (χ0v) is 17.6. The number of rotatable bonds is 7. The number of halogens is 3. The van der Waals surface area contributed by atoms with Crippen molar-refractivity contribution in [3.8, 4) is 11.1 Å². The molecule has 2 aromatic rings. The lowest BCUT2D eigenvalue weighted by molar-refractivity contribution is 0.236. The van der Waals surface area contributed by atoms with Crippen LogP contribution < -0.4 is 0 Å². The largest absolute Gasteiger partial charge is 0.250 e. The Hall–Kier alpha value is -1.48. The first-order valence-corrected chi connectivity index (χ1v) is 11.0. The summed E-state index contributed by atoms with van der Waals surface area (Å²) >= 11 is 6.00. The van der Waals surface area contributed by atoms with E-state index in [0.717, 1.165) is 23.5 Å². The number of hydrogen-bond donors (Lipinski definition) is 0. The predicted octanol–water partition coefficient (Wildman–Crippen LogP) is 8.17. The number of aromatic nitrogens is 1. The van der Waals surface area contributed by atoms with Crippen molar-refractivity contribution in [1.82, 2.24) is 4.98 Å². The number of unbranched alkanes of at least 4 members (excludes halogenated alkanes) is 2. The molecular weight excluding hydrogens is 376 g/mol. The lowest BCUT2D eigenvalue weighted by Gasteiger charge is -2.32. The topological polar surface area (TPSA) is 12.9 Å². The van der Waals surface area contributed by atoms with Crippen LogP contribution in [0.3, 0.4) is 0 Å². The van der Waals surface area contributed by atoms with Crippen LogP contribution in [0.1, 0.15) is 76.7 Å². The molecule has 0 aliphatic heterocycles. The van der Waals surface area contributed by atoms with Crippen molar-refractivity contribution in [2.24, 2.45) is 11.8 Å². The Balaban J connectivity index is 1.62. The van der Waals surface area contributed by atoms with Gasteiger partial charge in [0.25, 0.3) is 0 Å². The van der Waals surface area contributed by atoms with Crippen molar-refractivity contribution in [2.45, 2.75) is 71.1 Å². The molecular formula is C24H30ClF2N. The van der Waals surface area contributed by atoms with Crippen molar-refractivity contribution in [3.05, 3.63) is 52.8 Å². The van der Waals surface area contributed by atoms with Crippen LogP contribution in [0.25, 0.3) is 11.1 Å². The summed E-state index contributed by atoms with van der Waals surface area (Å²) in [6.45, 7) is 4.57. The molecule has 1 nitrogen and oxygen atoms in total. The maximum atomic E-state index is 13.5. The fourth-order valence-electron chi connectivity index (χ4n) is 4.55. The van der Waals surface area contributed by atoms with Crippen molar-refractivity contribution < 1.29 is 8.78 Å². The molecule has 1 atom stereocenters. The molecule has 1 aromatic heterocycles. The monoisotopic (exact) mass is 405 g/mol. The van der Waals surface area contributed by atoms with Gasteiger partial charge >= 0.3 is 0 Å². The maximum Gasteiger partial charge on any atom is 0.250 e. The molecule has 0 N–H and O–H groups in total. The summed E-state index contributed by atoms with van der Waals surface area (Å²) in [5.41, 5.74) is 2.48. The molecule has 1 heterocycles. The van der Waals surface area contributed by atoms with Gasteiger partial charge in [0.1, 0.15) is 5.15 Å². The highest BCUT2D eigenvalue weighted by Crippen LogP contribution is 2.40. The first-order valence-electron chi connectivity index (χ1n) is 10.6. The van der Waals surface area contributed by atoms with E-state index < -0.39 is 11.8 Å². The molecule has 0 radical (unpaired) electrons. The van der Waals surface area contributed by atoms with Gasteiger partial charge in [-0.1, -0.05) is 88.2 Å². The lowest BCUT2D eigenvalue weighted by Crippen LogP contribution is -2.19. The Labute approximate surface area is 172 Å². The summed E-state index contributed by atoms with van der Waals surface area (Å²) in [4.78, 5) is 3.44. The van der Waals surface area contributed by atoms with Crippen LogP contribution >= 0.6 is 11.6 Å². The Morgan fingerprint density at radius 2 is 1.75 bits per heavy atom. The second kappa shape index (κ2) is 9.82.